The van der Waals surface area contributed by atoms with Crippen LogP contribution in [0.3, 0.4) is 0 Å². The first kappa shape index (κ1) is 21.0. The molecule has 1 unspecified atom stereocenters. The van der Waals surface area contributed by atoms with E-state index in [-0.39, 0.29) is 36.7 Å². The van der Waals surface area contributed by atoms with Gasteiger partial charge in [-0.1, -0.05) is 6.92 Å². The minimum atomic E-state index is -0.365. The number of nitrogens with one attached hydrogen (secondary N) is 1. The smallest absolute Gasteiger partial charge is 0.255 e. The van der Waals surface area contributed by atoms with Gasteiger partial charge in [-0.15, -0.1) is 12.4 Å². The van der Waals surface area contributed by atoms with Gasteiger partial charge in [0.25, 0.3) is 5.91 Å². The number of hydrogen-bond acceptors (Lipinski definition) is 5. The monoisotopic (exact) mass is 345 g/mol. The molecule has 1 aromatic rings. The van der Waals surface area contributed by atoms with Crippen LogP contribution >= 0.6 is 12.4 Å². The average molecular weight is 346 g/mol. The Morgan fingerprint density at radius 2 is 1.74 bits per heavy atom. The number of nitrogens with zero attached hydrogens (tertiary/aromatic N) is 1. The van der Waals surface area contributed by atoms with Crippen molar-refractivity contribution in [1.29, 1.82) is 0 Å². The molecule has 0 saturated heterocycles. The van der Waals surface area contributed by atoms with Crippen LogP contribution in [-0.4, -0.2) is 51.6 Å². The molecule has 0 aromatic heterocycles. The predicted octanol–water partition coefficient (Wildman–Crippen LogP) is 1.36. The van der Waals surface area contributed by atoms with E-state index in [1.54, 1.807) is 33.2 Å². The maximum Gasteiger partial charge on any atom is 0.255 e. The van der Waals surface area contributed by atoms with E-state index in [1.807, 2.05) is 0 Å². The summed E-state index contributed by atoms with van der Waals surface area (Å²) in [5, 5.41) is 2.72. The van der Waals surface area contributed by atoms with Crippen LogP contribution in [0, 0.1) is 5.92 Å². The molecule has 3 N–H and O–H groups in total. The zero-order valence-corrected chi connectivity index (χ0v) is 14.8. The second kappa shape index (κ2) is 9.22. The lowest BCUT2D eigenvalue weighted by Gasteiger charge is -2.19. The van der Waals surface area contributed by atoms with E-state index in [2.05, 4.69) is 5.32 Å². The Kier molecular flexibility index (Phi) is 8.42. The Balaban J connectivity index is 0.00000484. The molecule has 0 saturated carbocycles. The fourth-order valence-corrected chi connectivity index (χ4v) is 1.76. The summed E-state index contributed by atoms with van der Waals surface area (Å²) in [6.45, 7) is 1.93. The standard InChI is InChI=1S/C15H23N3O4.ClH/c1-9(8-16)14(19)17-11-7-13(22-5)12(21-4)6-10(11)15(20)18(2)3;/h6-7,9H,8,16H2,1-5H3,(H,17,19);1H. The molecule has 0 fully saturated rings. The van der Waals surface area contributed by atoms with Crippen LogP contribution < -0.4 is 20.5 Å². The van der Waals surface area contributed by atoms with Gasteiger partial charge >= 0.3 is 0 Å². The maximum absolute atomic E-state index is 12.3. The number of carbonyl (C=O) groups excluding carboxylic acids is 2. The number of methoxy groups -OCH3 is 2. The molecular formula is C15H24ClN3O4. The molecule has 130 valence electrons. The van der Waals surface area contributed by atoms with Crippen LogP contribution in [0.25, 0.3) is 0 Å². The van der Waals surface area contributed by atoms with Crippen LogP contribution in [0.5, 0.6) is 11.5 Å². The Bertz CT molecular complexity index is 564. The van der Waals surface area contributed by atoms with Crippen LogP contribution in [0.15, 0.2) is 12.1 Å². The molecule has 0 spiro atoms. The molecule has 0 aliphatic carbocycles. The van der Waals surface area contributed by atoms with Gasteiger partial charge in [-0.3, -0.25) is 9.59 Å². The van der Waals surface area contributed by atoms with Crippen LogP contribution in [-0.2, 0) is 4.79 Å². The molecule has 7 nitrogen and oxygen atoms in total. The molecule has 0 heterocycles. The summed E-state index contributed by atoms with van der Waals surface area (Å²) in [4.78, 5) is 25.8. The summed E-state index contributed by atoms with van der Waals surface area (Å²) < 4.78 is 10.4. The molecule has 0 bridgehead atoms. The number of benzene rings is 1. The Labute approximate surface area is 142 Å². The number of ether oxygens (including phenoxy) is 2. The van der Waals surface area contributed by atoms with Gasteiger partial charge in [-0.05, 0) is 6.07 Å². The van der Waals surface area contributed by atoms with Crippen molar-refractivity contribution in [2.24, 2.45) is 11.7 Å². The van der Waals surface area contributed by atoms with Crippen molar-refractivity contribution < 1.29 is 19.1 Å². The first-order valence-corrected chi connectivity index (χ1v) is 6.84. The van der Waals surface area contributed by atoms with E-state index in [4.69, 9.17) is 15.2 Å². The van der Waals surface area contributed by atoms with Gasteiger partial charge in [0, 0.05) is 32.6 Å². The first-order valence-electron chi connectivity index (χ1n) is 6.84. The van der Waals surface area contributed by atoms with Crippen LogP contribution in [0.4, 0.5) is 5.69 Å². The first-order chi connectivity index (χ1) is 10.3. The van der Waals surface area contributed by atoms with Crippen molar-refractivity contribution >= 4 is 29.9 Å². The molecule has 0 radical (unpaired) electrons. The second-order valence-corrected chi connectivity index (χ2v) is 5.08. The largest absolute Gasteiger partial charge is 0.493 e. The normalized spacial score (nSPS) is 11.0. The van der Waals surface area contributed by atoms with Crippen molar-refractivity contribution in [1.82, 2.24) is 4.90 Å². The van der Waals surface area contributed by atoms with Crippen LogP contribution in [0.2, 0.25) is 0 Å². The number of amides is 2. The molecule has 23 heavy (non-hydrogen) atoms. The van der Waals surface area contributed by atoms with Gasteiger partial charge in [0.2, 0.25) is 5.91 Å². The van der Waals surface area contributed by atoms with Crippen molar-refractivity contribution in [3.8, 4) is 11.5 Å². The summed E-state index contributed by atoms with van der Waals surface area (Å²) in [6.07, 6.45) is 0. The Morgan fingerprint density at radius 1 is 1.22 bits per heavy atom. The van der Waals surface area contributed by atoms with E-state index in [0.717, 1.165) is 0 Å². The molecule has 0 aliphatic heterocycles. The van der Waals surface area contributed by atoms with E-state index < -0.39 is 0 Å². The Hall–Kier alpha value is -1.99. The number of carbonyl (C=O) groups is 2. The zero-order valence-electron chi connectivity index (χ0n) is 14.0. The molecular weight excluding hydrogens is 322 g/mol. The minimum Gasteiger partial charge on any atom is -0.493 e. The molecule has 8 heteroatoms. The number of halogens is 1. The van der Waals surface area contributed by atoms with Gasteiger partial charge in [0.05, 0.1) is 25.5 Å². The van der Waals surface area contributed by atoms with Gasteiger partial charge < -0.3 is 25.4 Å². The summed E-state index contributed by atoms with van der Waals surface area (Å²) in [6, 6.07) is 3.11. The second-order valence-electron chi connectivity index (χ2n) is 5.08. The zero-order chi connectivity index (χ0) is 16.9. The summed E-state index contributed by atoms with van der Waals surface area (Å²) in [7, 11) is 6.23. The fourth-order valence-electron chi connectivity index (χ4n) is 1.76. The average Bonchev–Trinajstić information content (AvgIpc) is 2.52. The third-order valence-corrected chi connectivity index (χ3v) is 3.22. The van der Waals surface area contributed by atoms with E-state index in [9.17, 15) is 9.59 Å². The van der Waals surface area contributed by atoms with Crippen molar-refractivity contribution in [3.63, 3.8) is 0 Å². The lowest BCUT2D eigenvalue weighted by molar-refractivity contribution is -0.119. The van der Waals surface area contributed by atoms with E-state index in [1.165, 1.54) is 19.1 Å². The minimum absolute atomic E-state index is 0. The SMILES string of the molecule is COc1cc(NC(=O)C(C)CN)c(C(=O)N(C)C)cc1OC.Cl. The number of anilines is 1. The summed E-state index contributed by atoms with van der Waals surface area (Å²) in [5.74, 6) is -0.0411. The topological polar surface area (TPSA) is 93.9 Å². The number of nitrogens with two attached hydrogens (primary N) is 1. The van der Waals surface area contributed by atoms with Gasteiger partial charge in [-0.25, -0.2) is 0 Å². The molecule has 2 amide bonds. The predicted molar refractivity (Wildman–Crippen MR) is 91.7 cm³/mol. The molecule has 1 atom stereocenters. The van der Waals surface area contributed by atoms with E-state index >= 15 is 0 Å². The third kappa shape index (κ3) is 5.01. The highest BCUT2D eigenvalue weighted by molar-refractivity contribution is 6.04. The van der Waals surface area contributed by atoms with E-state index in [0.29, 0.717) is 22.7 Å². The Morgan fingerprint density at radius 3 is 2.17 bits per heavy atom. The van der Waals surface area contributed by atoms with Gasteiger partial charge in [0.1, 0.15) is 0 Å². The number of hydrogen-bond donors (Lipinski definition) is 2. The lowest BCUT2D eigenvalue weighted by Crippen LogP contribution is -2.29. The van der Waals surface area contributed by atoms with Crippen molar-refractivity contribution in [2.75, 3.05) is 40.2 Å². The van der Waals surface area contributed by atoms with Crippen molar-refractivity contribution in [3.05, 3.63) is 17.7 Å². The molecule has 1 rings (SSSR count). The highest BCUT2D eigenvalue weighted by atomic mass is 35.5. The highest BCUT2D eigenvalue weighted by Gasteiger charge is 2.21. The molecule has 0 aliphatic rings. The van der Waals surface area contributed by atoms with Gasteiger partial charge in [-0.2, -0.15) is 0 Å². The third-order valence-electron chi connectivity index (χ3n) is 3.22. The molecule has 1 aromatic carbocycles. The summed E-state index contributed by atoms with van der Waals surface area (Å²) in [5.41, 5.74) is 6.18. The quantitative estimate of drug-likeness (QED) is 0.812. The fraction of sp³-hybridized carbons (Fsp3) is 0.467. The summed E-state index contributed by atoms with van der Waals surface area (Å²) >= 11 is 0. The number of rotatable bonds is 6. The van der Waals surface area contributed by atoms with Crippen LogP contribution in [0.1, 0.15) is 17.3 Å². The van der Waals surface area contributed by atoms with Gasteiger partial charge in [0.15, 0.2) is 11.5 Å². The lowest BCUT2D eigenvalue weighted by atomic mass is 10.1. The van der Waals surface area contributed by atoms with Crippen molar-refractivity contribution in [2.45, 2.75) is 6.92 Å². The highest BCUT2D eigenvalue weighted by Crippen LogP contribution is 2.34. The maximum atomic E-state index is 12.3.